The van der Waals surface area contributed by atoms with Crippen LogP contribution in [0.3, 0.4) is 0 Å². The van der Waals surface area contributed by atoms with Crippen molar-refractivity contribution < 1.29 is 37.4 Å². The Morgan fingerprint density at radius 2 is 1.90 bits per heavy atom. The van der Waals surface area contributed by atoms with Crippen molar-refractivity contribution in [3.8, 4) is 0 Å². The summed E-state index contributed by atoms with van der Waals surface area (Å²) in [6, 6.07) is -1.12. The number of nitrogens with zero attached hydrogens (tertiary/aromatic N) is 1. The number of thioether (sulfide) groups is 2. The van der Waals surface area contributed by atoms with Gasteiger partial charge >= 0.3 is 18.1 Å². The molecular weight excluding hydrogens is 431 g/mol. The van der Waals surface area contributed by atoms with Gasteiger partial charge in [-0.25, -0.2) is 4.79 Å². The highest BCUT2D eigenvalue weighted by Gasteiger charge is 2.61. The first-order valence-electron chi connectivity index (χ1n) is 9.32. The Bertz CT molecular complexity index is 644. The van der Waals surface area contributed by atoms with E-state index >= 15 is 0 Å². The summed E-state index contributed by atoms with van der Waals surface area (Å²) in [5.41, 5.74) is -0.976. The van der Waals surface area contributed by atoms with Crippen LogP contribution in [0, 0.1) is 5.92 Å². The van der Waals surface area contributed by atoms with Crippen molar-refractivity contribution >= 4 is 41.4 Å². The van der Waals surface area contributed by atoms with E-state index < -0.39 is 52.8 Å². The van der Waals surface area contributed by atoms with E-state index in [1.54, 1.807) is 20.8 Å². The second-order valence-electron chi connectivity index (χ2n) is 8.17. The summed E-state index contributed by atoms with van der Waals surface area (Å²) in [6.45, 7) is 4.83. The molecule has 0 aromatic rings. The molecule has 0 spiro atoms. The number of carbonyl (C=O) groups is 3. The molecule has 0 aliphatic carbocycles. The van der Waals surface area contributed by atoms with Gasteiger partial charge in [-0.2, -0.15) is 24.9 Å². The predicted molar refractivity (Wildman–Crippen MR) is 105 cm³/mol. The van der Waals surface area contributed by atoms with E-state index in [4.69, 9.17) is 4.74 Å². The maximum atomic E-state index is 14.1. The lowest BCUT2D eigenvalue weighted by Crippen LogP contribution is -2.56. The van der Waals surface area contributed by atoms with Crippen molar-refractivity contribution in [2.24, 2.45) is 5.92 Å². The second kappa shape index (κ2) is 8.95. The molecule has 2 fully saturated rings. The zero-order chi connectivity index (χ0) is 22.0. The Morgan fingerprint density at radius 3 is 2.38 bits per heavy atom. The third-order valence-corrected chi connectivity index (χ3v) is 7.96. The molecule has 2 unspecified atom stereocenters. The lowest BCUT2D eigenvalue weighted by atomic mass is 9.88. The van der Waals surface area contributed by atoms with Crippen molar-refractivity contribution in [3.05, 3.63) is 0 Å². The molecule has 0 radical (unpaired) electrons. The monoisotopic (exact) mass is 457 g/mol. The number of alkyl halides is 3. The third-order valence-electron chi connectivity index (χ3n) is 4.84. The van der Waals surface area contributed by atoms with Crippen LogP contribution in [0.2, 0.25) is 0 Å². The molecule has 11 heteroatoms. The molecule has 6 nitrogen and oxygen atoms in total. The van der Waals surface area contributed by atoms with Crippen LogP contribution in [0.1, 0.15) is 40.0 Å². The van der Waals surface area contributed by atoms with Crippen LogP contribution < -0.4 is 0 Å². The van der Waals surface area contributed by atoms with Crippen molar-refractivity contribution in [3.63, 3.8) is 0 Å². The van der Waals surface area contributed by atoms with Gasteiger partial charge in [-0.1, -0.05) is 0 Å². The molecule has 0 saturated carbocycles. The smallest absolute Gasteiger partial charge is 0.394 e. The predicted octanol–water partition coefficient (Wildman–Crippen LogP) is 3.19. The van der Waals surface area contributed by atoms with Gasteiger partial charge in [0.2, 0.25) is 5.91 Å². The van der Waals surface area contributed by atoms with Gasteiger partial charge in [-0.05, 0) is 33.6 Å². The van der Waals surface area contributed by atoms with Gasteiger partial charge in [-0.3, -0.25) is 9.59 Å². The maximum absolute atomic E-state index is 14.1. The molecule has 0 aromatic heterocycles. The van der Waals surface area contributed by atoms with E-state index in [1.165, 1.54) is 11.8 Å². The maximum Gasteiger partial charge on any atom is 0.394 e. The number of ether oxygens (including phenoxy) is 1. The molecule has 3 atom stereocenters. The van der Waals surface area contributed by atoms with Gasteiger partial charge < -0.3 is 14.7 Å². The first-order valence-corrected chi connectivity index (χ1v) is 11.5. The molecule has 2 rings (SSSR count). The SMILES string of the molecule is CC(C)(C)OC(=O)C1(C(CC(=O)N2CCC[C@H]2C(=O)O)C(F)(F)F)CSCCS1. The van der Waals surface area contributed by atoms with E-state index in [-0.39, 0.29) is 18.7 Å². The minimum absolute atomic E-state index is 0.0989. The highest BCUT2D eigenvalue weighted by atomic mass is 32.2. The molecule has 2 heterocycles. The number of esters is 1. The molecule has 2 aliphatic heterocycles. The number of hydrogen-bond acceptors (Lipinski definition) is 6. The number of carboxylic acid groups (broad SMARTS) is 1. The van der Waals surface area contributed by atoms with E-state index in [0.717, 1.165) is 16.7 Å². The van der Waals surface area contributed by atoms with E-state index in [9.17, 15) is 32.7 Å². The number of hydrogen-bond donors (Lipinski definition) is 1. The zero-order valence-electron chi connectivity index (χ0n) is 16.6. The van der Waals surface area contributed by atoms with Crippen LogP contribution in [0.15, 0.2) is 0 Å². The standard InChI is InChI=1S/C18H26F3NO5S2/c1-16(2,3)27-15(26)17(10-28-7-8-29-17)12(18(19,20)21)9-13(23)22-6-4-5-11(22)14(24)25/h11-12H,4-10H2,1-3H3,(H,24,25)/t11-,12?,17?/m0/s1. The molecule has 2 aliphatic rings. The quantitative estimate of drug-likeness (QED) is 0.635. The molecule has 1 N–H and O–H groups in total. The van der Waals surface area contributed by atoms with E-state index in [1.807, 2.05) is 0 Å². The summed E-state index contributed by atoms with van der Waals surface area (Å²) >= 11 is 2.11. The van der Waals surface area contributed by atoms with Crippen molar-refractivity contribution in [1.29, 1.82) is 0 Å². The van der Waals surface area contributed by atoms with Gasteiger partial charge in [0.05, 0.1) is 5.92 Å². The zero-order valence-corrected chi connectivity index (χ0v) is 18.2. The summed E-state index contributed by atoms with van der Waals surface area (Å²) in [4.78, 5) is 37.9. The lowest BCUT2D eigenvalue weighted by Gasteiger charge is -2.42. The van der Waals surface area contributed by atoms with Gasteiger partial charge in [0.1, 0.15) is 16.4 Å². The Kier molecular flexibility index (Phi) is 7.46. The van der Waals surface area contributed by atoms with Crippen LogP contribution in [0.25, 0.3) is 0 Å². The second-order valence-corrected chi connectivity index (χ2v) is 10.7. The molecule has 2 saturated heterocycles. The average molecular weight is 458 g/mol. The average Bonchev–Trinajstić information content (AvgIpc) is 3.07. The summed E-state index contributed by atoms with van der Waals surface area (Å²) in [7, 11) is 0. The van der Waals surface area contributed by atoms with Gasteiger partial charge in [0.15, 0.2) is 0 Å². The van der Waals surface area contributed by atoms with Gasteiger partial charge in [0, 0.05) is 30.2 Å². The topological polar surface area (TPSA) is 83.9 Å². The van der Waals surface area contributed by atoms with Crippen molar-refractivity contribution in [2.45, 2.75) is 62.6 Å². The van der Waals surface area contributed by atoms with Crippen LogP contribution in [-0.2, 0) is 19.1 Å². The fourth-order valence-electron chi connectivity index (χ4n) is 3.53. The lowest BCUT2D eigenvalue weighted by molar-refractivity contribution is -0.198. The highest BCUT2D eigenvalue weighted by molar-refractivity contribution is 8.07. The Hall–Kier alpha value is -1.10. The number of aliphatic carboxylic acids is 1. The number of carbonyl (C=O) groups excluding carboxylic acids is 2. The third kappa shape index (κ3) is 5.74. The van der Waals surface area contributed by atoms with Crippen LogP contribution >= 0.6 is 23.5 Å². The van der Waals surface area contributed by atoms with Crippen molar-refractivity contribution in [2.75, 3.05) is 23.8 Å². The minimum atomic E-state index is -4.82. The number of rotatable bonds is 5. The Balaban J connectivity index is 2.36. The number of likely N-dealkylation sites (tertiary alicyclic amines) is 1. The molecule has 166 valence electrons. The fourth-order valence-corrected chi connectivity index (χ4v) is 6.63. The van der Waals surface area contributed by atoms with Gasteiger partial charge in [0.25, 0.3) is 0 Å². The number of carboxylic acids is 1. The summed E-state index contributed by atoms with van der Waals surface area (Å²) in [5.74, 6) is -4.56. The van der Waals surface area contributed by atoms with E-state index in [0.29, 0.717) is 17.9 Å². The number of halogens is 3. The summed E-state index contributed by atoms with van der Waals surface area (Å²) < 4.78 is 45.8. The normalized spacial score (nSPS) is 26.8. The molecule has 1 amide bonds. The van der Waals surface area contributed by atoms with Gasteiger partial charge in [-0.15, -0.1) is 11.8 Å². The minimum Gasteiger partial charge on any atom is -0.480 e. The van der Waals surface area contributed by atoms with E-state index in [2.05, 4.69) is 0 Å². The highest BCUT2D eigenvalue weighted by Crippen LogP contribution is 2.50. The number of amides is 1. The largest absolute Gasteiger partial charge is 0.480 e. The van der Waals surface area contributed by atoms with Crippen molar-refractivity contribution in [1.82, 2.24) is 4.90 Å². The molecule has 29 heavy (non-hydrogen) atoms. The van der Waals surface area contributed by atoms with Crippen LogP contribution in [-0.4, -0.2) is 74.2 Å². The fraction of sp³-hybridized carbons (Fsp3) is 0.833. The molecule has 0 aromatic carbocycles. The first-order chi connectivity index (χ1) is 13.3. The molecule has 0 bridgehead atoms. The Morgan fingerprint density at radius 1 is 1.24 bits per heavy atom. The first kappa shape index (κ1) is 24.2. The summed E-state index contributed by atoms with van der Waals surface area (Å²) in [5, 5.41) is 9.24. The Labute approximate surface area is 176 Å². The van der Waals surface area contributed by atoms with Crippen LogP contribution in [0.5, 0.6) is 0 Å². The van der Waals surface area contributed by atoms with Crippen LogP contribution in [0.4, 0.5) is 13.2 Å². The molecular formula is C18H26F3NO5S2. The summed E-state index contributed by atoms with van der Waals surface area (Å²) in [6.07, 6.45) is -5.17.